The van der Waals surface area contributed by atoms with Crippen molar-refractivity contribution in [3.05, 3.63) is 23.8 Å². The lowest BCUT2D eigenvalue weighted by Crippen LogP contribution is -2.57. The molecule has 1 amide bonds. The average Bonchev–Trinajstić information content (AvgIpc) is 3.03. The van der Waals surface area contributed by atoms with Crippen LogP contribution in [0.1, 0.15) is 51.0 Å². The Morgan fingerprint density at radius 2 is 1.90 bits per heavy atom. The van der Waals surface area contributed by atoms with Gasteiger partial charge in [-0.05, 0) is 30.5 Å². The molecule has 0 fully saturated rings. The van der Waals surface area contributed by atoms with Gasteiger partial charge in [-0.1, -0.05) is 32.3 Å². The zero-order valence-corrected chi connectivity index (χ0v) is 16.9. The first kappa shape index (κ1) is 23.0. The van der Waals surface area contributed by atoms with Crippen LogP contribution >= 0.6 is 0 Å². The number of hydrogen-bond donors (Lipinski definition) is 1. The van der Waals surface area contributed by atoms with Crippen molar-refractivity contribution in [1.82, 2.24) is 5.01 Å². The quantitative estimate of drug-likeness (QED) is 0.617. The highest BCUT2D eigenvalue weighted by Crippen LogP contribution is 2.41. The summed E-state index contributed by atoms with van der Waals surface area (Å²) in [7, 11) is 2.87. The number of alkyl halides is 3. The Balaban J connectivity index is 2.20. The maximum Gasteiger partial charge on any atom is 0.438 e. The molecule has 0 unspecified atom stereocenters. The molecule has 2 rings (SSSR count). The predicted molar refractivity (Wildman–Crippen MR) is 102 cm³/mol. The molecule has 1 atom stereocenters. The predicted octanol–water partition coefficient (Wildman–Crippen LogP) is 4.06. The van der Waals surface area contributed by atoms with Gasteiger partial charge in [0.25, 0.3) is 5.72 Å². The number of nitrogens with zero attached hydrogens (tertiary/aromatic N) is 2. The van der Waals surface area contributed by atoms with Gasteiger partial charge in [0.15, 0.2) is 11.5 Å². The Kier molecular flexibility index (Phi) is 7.51. The van der Waals surface area contributed by atoms with Gasteiger partial charge in [-0.15, -0.1) is 0 Å². The van der Waals surface area contributed by atoms with Gasteiger partial charge in [0.1, 0.15) is 0 Å². The third kappa shape index (κ3) is 5.20. The standard InChI is InChI=1S/C20H27F3N2O4/c1-4-5-6-7-8-15-13-19(27,20(21,22)23)25(24-15)18(26)12-14-9-10-16(28-2)17(11-14)29-3/h9-11,27H,4-8,12-13H2,1-3H3/t19-/m1/s1. The number of hydrogen-bond acceptors (Lipinski definition) is 5. The lowest BCUT2D eigenvalue weighted by molar-refractivity contribution is -0.302. The molecule has 29 heavy (non-hydrogen) atoms. The summed E-state index contributed by atoms with van der Waals surface area (Å²) in [5.74, 6) is -0.157. The topological polar surface area (TPSA) is 71.4 Å². The molecule has 6 nitrogen and oxygen atoms in total. The van der Waals surface area contributed by atoms with Crippen LogP contribution in [-0.2, 0) is 11.2 Å². The van der Waals surface area contributed by atoms with E-state index in [2.05, 4.69) is 5.10 Å². The first-order chi connectivity index (χ1) is 13.7. The zero-order chi connectivity index (χ0) is 21.7. The second-order valence-electron chi connectivity index (χ2n) is 7.04. The molecule has 162 valence electrons. The summed E-state index contributed by atoms with van der Waals surface area (Å²) in [6.45, 7) is 2.03. The minimum Gasteiger partial charge on any atom is -0.493 e. The molecule has 1 heterocycles. The van der Waals surface area contributed by atoms with Crippen LogP contribution in [0.15, 0.2) is 23.3 Å². The molecule has 0 spiro atoms. The normalized spacial score (nSPS) is 19.3. The maximum absolute atomic E-state index is 13.6. The fraction of sp³-hybridized carbons (Fsp3) is 0.600. The molecule has 1 N–H and O–H groups in total. The average molecular weight is 416 g/mol. The third-order valence-electron chi connectivity index (χ3n) is 4.85. The number of amides is 1. The lowest BCUT2D eigenvalue weighted by Gasteiger charge is -2.32. The van der Waals surface area contributed by atoms with E-state index in [0.717, 1.165) is 19.3 Å². The van der Waals surface area contributed by atoms with E-state index in [1.165, 1.54) is 20.3 Å². The largest absolute Gasteiger partial charge is 0.493 e. The fourth-order valence-electron chi connectivity index (χ4n) is 3.24. The van der Waals surface area contributed by atoms with Crippen LogP contribution in [0.2, 0.25) is 0 Å². The van der Waals surface area contributed by atoms with Crippen molar-refractivity contribution in [2.75, 3.05) is 14.2 Å². The highest BCUT2D eigenvalue weighted by atomic mass is 19.4. The molecule has 0 bridgehead atoms. The van der Waals surface area contributed by atoms with Crippen molar-refractivity contribution in [1.29, 1.82) is 0 Å². The van der Waals surface area contributed by atoms with Crippen molar-refractivity contribution < 1.29 is 32.5 Å². The van der Waals surface area contributed by atoms with E-state index < -0.39 is 24.2 Å². The SMILES string of the molecule is CCCCCCC1=NN(C(=O)Cc2ccc(OC)c(OC)c2)[C@](O)(C(F)(F)F)C1. The highest BCUT2D eigenvalue weighted by Gasteiger charge is 2.62. The van der Waals surface area contributed by atoms with Crippen molar-refractivity contribution in [2.45, 2.75) is 63.8 Å². The smallest absolute Gasteiger partial charge is 0.438 e. The summed E-state index contributed by atoms with van der Waals surface area (Å²) in [5, 5.41) is 14.4. The number of carbonyl (C=O) groups is 1. The molecule has 1 aliphatic rings. The van der Waals surface area contributed by atoms with Crippen molar-refractivity contribution in [3.63, 3.8) is 0 Å². The van der Waals surface area contributed by atoms with Gasteiger partial charge >= 0.3 is 6.18 Å². The summed E-state index contributed by atoms with van der Waals surface area (Å²) >= 11 is 0. The molecule has 1 aromatic rings. The van der Waals surface area contributed by atoms with Gasteiger partial charge < -0.3 is 14.6 Å². The van der Waals surface area contributed by atoms with Crippen LogP contribution in [0, 0.1) is 0 Å². The van der Waals surface area contributed by atoms with E-state index in [-0.39, 0.29) is 17.1 Å². The van der Waals surface area contributed by atoms with Gasteiger partial charge in [0.2, 0.25) is 5.91 Å². The van der Waals surface area contributed by atoms with Gasteiger partial charge in [0.05, 0.1) is 20.6 Å². The van der Waals surface area contributed by atoms with E-state index in [1.54, 1.807) is 12.1 Å². The molecule has 0 saturated carbocycles. The maximum atomic E-state index is 13.6. The number of benzene rings is 1. The monoisotopic (exact) mass is 416 g/mol. The third-order valence-corrected chi connectivity index (χ3v) is 4.85. The van der Waals surface area contributed by atoms with E-state index in [1.807, 2.05) is 6.92 Å². The summed E-state index contributed by atoms with van der Waals surface area (Å²) < 4.78 is 51.0. The molecule has 1 aromatic carbocycles. The molecule has 0 aromatic heterocycles. The number of unbranched alkanes of at least 4 members (excludes halogenated alkanes) is 3. The van der Waals surface area contributed by atoms with Crippen molar-refractivity contribution in [2.24, 2.45) is 5.10 Å². The molecule has 9 heteroatoms. The van der Waals surface area contributed by atoms with Crippen LogP contribution in [-0.4, -0.2) is 47.9 Å². The Labute approximate surface area is 168 Å². The van der Waals surface area contributed by atoms with E-state index in [0.29, 0.717) is 29.9 Å². The van der Waals surface area contributed by atoms with Crippen molar-refractivity contribution >= 4 is 11.6 Å². The van der Waals surface area contributed by atoms with E-state index in [9.17, 15) is 23.1 Å². The second kappa shape index (κ2) is 9.47. The molecular formula is C20H27F3N2O4. The van der Waals surface area contributed by atoms with Crippen LogP contribution < -0.4 is 9.47 Å². The summed E-state index contributed by atoms with van der Waals surface area (Å²) in [6.07, 6.45) is -2.30. The van der Waals surface area contributed by atoms with Gasteiger partial charge in [-0.2, -0.15) is 23.3 Å². The number of aliphatic hydroxyl groups is 1. The van der Waals surface area contributed by atoms with E-state index in [4.69, 9.17) is 9.47 Å². The van der Waals surface area contributed by atoms with Crippen LogP contribution in [0.25, 0.3) is 0 Å². The minimum absolute atomic E-state index is 0.182. The Morgan fingerprint density at radius 3 is 2.48 bits per heavy atom. The molecular weight excluding hydrogens is 389 g/mol. The minimum atomic E-state index is -5.02. The Hall–Kier alpha value is -2.29. The number of carbonyl (C=O) groups excluding carboxylic acids is 1. The van der Waals surface area contributed by atoms with Crippen molar-refractivity contribution in [3.8, 4) is 11.5 Å². The highest BCUT2D eigenvalue weighted by molar-refractivity contribution is 5.91. The number of rotatable bonds is 9. The van der Waals surface area contributed by atoms with Crippen LogP contribution in [0.4, 0.5) is 13.2 Å². The van der Waals surface area contributed by atoms with Crippen LogP contribution in [0.3, 0.4) is 0 Å². The Bertz CT molecular complexity index is 752. The lowest BCUT2D eigenvalue weighted by atomic mass is 10.0. The molecule has 0 aliphatic carbocycles. The summed E-state index contributed by atoms with van der Waals surface area (Å²) in [5.41, 5.74) is -2.72. The zero-order valence-electron chi connectivity index (χ0n) is 16.9. The van der Waals surface area contributed by atoms with Gasteiger partial charge in [-0.25, -0.2) is 0 Å². The first-order valence-electron chi connectivity index (χ1n) is 9.55. The fourth-order valence-corrected chi connectivity index (χ4v) is 3.24. The van der Waals surface area contributed by atoms with Gasteiger partial charge in [-0.3, -0.25) is 4.79 Å². The molecule has 0 saturated heterocycles. The number of hydrazone groups is 1. The summed E-state index contributed by atoms with van der Waals surface area (Å²) in [6, 6.07) is 4.62. The molecule has 0 radical (unpaired) electrons. The van der Waals surface area contributed by atoms with Crippen LogP contribution in [0.5, 0.6) is 11.5 Å². The van der Waals surface area contributed by atoms with Gasteiger partial charge in [0, 0.05) is 12.1 Å². The molecule has 1 aliphatic heterocycles. The Morgan fingerprint density at radius 1 is 1.21 bits per heavy atom. The van der Waals surface area contributed by atoms with E-state index >= 15 is 0 Å². The summed E-state index contributed by atoms with van der Waals surface area (Å²) in [4.78, 5) is 12.6. The number of halogens is 3. The number of methoxy groups -OCH3 is 2. The number of ether oxygens (including phenoxy) is 2. The first-order valence-corrected chi connectivity index (χ1v) is 9.55. The second-order valence-corrected chi connectivity index (χ2v) is 7.04.